The molecular weight excluding hydrogens is 842 g/mol. The van der Waals surface area contributed by atoms with Crippen LogP contribution in [0.1, 0.15) is 11.3 Å². The van der Waals surface area contributed by atoms with E-state index in [4.69, 9.17) is 70.5 Å². The number of aromatic nitrogens is 5. The van der Waals surface area contributed by atoms with Crippen molar-refractivity contribution in [1.29, 1.82) is 0 Å². The predicted molar refractivity (Wildman–Crippen MR) is 246 cm³/mol. The molecule has 7 nitrogen and oxygen atoms in total. The zero-order valence-corrected chi connectivity index (χ0v) is 35.7. The van der Waals surface area contributed by atoms with Crippen molar-refractivity contribution >= 4 is 101 Å². The molecule has 0 saturated carbocycles. The molecule has 8 rings (SSSR count). The third kappa shape index (κ3) is 9.79. The summed E-state index contributed by atoms with van der Waals surface area (Å²) in [4.78, 5) is 27.3. The van der Waals surface area contributed by atoms with Gasteiger partial charge in [0.05, 0.1) is 22.1 Å². The number of rotatable bonds is 10. The number of nitrogens with zero attached hydrogens (tertiary/aromatic N) is 7. The van der Waals surface area contributed by atoms with Crippen molar-refractivity contribution in [3.8, 4) is 0 Å². The number of hydrogen-bond acceptors (Lipinski definition) is 10. The van der Waals surface area contributed by atoms with Crippen molar-refractivity contribution < 1.29 is 17.1 Å². The zero-order chi connectivity index (χ0) is 40.3. The molecule has 1 aliphatic heterocycles. The van der Waals surface area contributed by atoms with Gasteiger partial charge in [-0.05, 0) is 42.8 Å². The SMILES string of the molecule is C=CCc1c(C=CC=C2N(CC=C)c3nc4ccccc4nc3N2CC=C)n(CC=C)c2nc3ccccc3nc12.[Cu].[S-]c1ccccc1[S-].[S-]c1ccccc1[S-]. The molecule has 0 unspecified atom stereocenters. The van der Waals surface area contributed by atoms with E-state index < -0.39 is 0 Å². The Hall–Kier alpha value is -5.46. The fraction of sp³-hybridized carbons (Fsp3) is 0.0870. The van der Waals surface area contributed by atoms with Gasteiger partial charge >= 0.3 is 0 Å². The van der Waals surface area contributed by atoms with Crippen molar-refractivity contribution in [2.75, 3.05) is 22.9 Å². The Kier molecular flexibility index (Phi) is 15.7. The van der Waals surface area contributed by atoms with Gasteiger partial charge in [-0.15, -0.1) is 26.3 Å². The van der Waals surface area contributed by atoms with E-state index in [0.717, 1.165) is 81.5 Å². The van der Waals surface area contributed by atoms with Gasteiger partial charge in [-0.3, -0.25) is 0 Å². The summed E-state index contributed by atoms with van der Waals surface area (Å²) in [7, 11) is 0. The Morgan fingerprint density at radius 3 is 1.34 bits per heavy atom. The van der Waals surface area contributed by atoms with E-state index in [-0.39, 0.29) is 17.1 Å². The van der Waals surface area contributed by atoms with Crippen molar-refractivity contribution in [3.63, 3.8) is 0 Å². The summed E-state index contributed by atoms with van der Waals surface area (Å²) in [5.74, 6) is 2.56. The van der Waals surface area contributed by atoms with Crippen molar-refractivity contribution in [3.05, 3.63) is 177 Å². The van der Waals surface area contributed by atoms with Crippen LogP contribution in [0.3, 0.4) is 0 Å². The summed E-state index contributed by atoms with van der Waals surface area (Å²) >= 11 is 19.4. The Morgan fingerprint density at radius 2 is 0.931 bits per heavy atom. The first kappa shape index (κ1) is 43.7. The van der Waals surface area contributed by atoms with Gasteiger partial charge in [-0.1, -0.05) is 103 Å². The van der Waals surface area contributed by atoms with Crippen LogP contribution in [0.25, 0.3) is 39.3 Å². The van der Waals surface area contributed by atoms with E-state index in [9.17, 15) is 0 Å². The summed E-state index contributed by atoms with van der Waals surface area (Å²) in [5, 5.41) is 0. The minimum absolute atomic E-state index is 0. The van der Waals surface area contributed by atoms with Crippen LogP contribution in [-0.4, -0.2) is 37.6 Å². The zero-order valence-electron chi connectivity index (χ0n) is 31.5. The van der Waals surface area contributed by atoms with Crippen LogP contribution in [-0.2, 0) is 80.5 Å². The molecule has 4 aromatic carbocycles. The van der Waals surface area contributed by atoms with E-state index in [1.807, 2.05) is 121 Å². The molecule has 0 amide bonds. The third-order valence-electron chi connectivity index (χ3n) is 8.77. The predicted octanol–water partition coefficient (Wildman–Crippen LogP) is 9.99. The van der Waals surface area contributed by atoms with E-state index >= 15 is 0 Å². The van der Waals surface area contributed by atoms with Gasteiger partial charge in [0.15, 0.2) is 17.3 Å². The first-order valence-corrected chi connectivity index (χ1v) is 19.7. The van der Waals surface area contributed by atoms with Gasteiger partial charge in [-0.25, -0.2) is 19.9 Å². The minimum atomic E-state index is 0. The summed E-state index contributed by atoms with van der Waals surface area (Å²) in [6.45, 7) is 17.8. The van der Waals surface area contributed by atoms with Gasteiger partial charge in [0.2, 0.25) is 0 Å². The molecule has 1 radical (unpaired) electrons. The molecular formula is C46H39CuN7S4-4. The average Bonchev–Trinajstić information content (AvgIpc) is 3.65. The fourth-order valence-electron chi connectivity index (χ4n) is 6.26. The molecule has 1 aliphatic rings. The largest absolute Gasteiger partial charge is 0.781 e. The van der Waals surface area contributed by atoms with Crippen LogP contribution in [0.4, 0.5) is 11.6 Å². The average molecular weight is 882 g/mol. The van der Waals surface area contributed by atoms with E-state index in [2.05, 4.69) is 58.9 Å². The first-order chi connectivity index (χ1) is 27.8. The first-order valence-electron chi connectivity index (χ1n) is 18.1. The molecule has 7 aromatic rings. The number of para-hydroxylation sites is 4. The smallest absolute Gasteiger partial charge is 0.178 e. The second-order valence-electron chi connectivity index (χ2n) is 12.6. The van der Waals surface area contributed by atoms with Crippen LogP contribution in [0.5, 0.6) is 0 Å². The maximum atomic E-state index is 5.00. The van der Waals surface area contributed by atoms with Gasteiger partial charge < -0.3 is 64.9 Å². The third-order valence-corrected chi connectivity index (χ3v) is 10.5. The van der Waals surface area contributed by atoms with Crippen LogP contribution in [0.15, 0.2) is 185 Å². The molecule has 12 heteroatoms. The monoisotopic (exact) mass is 880 g/mol. The van der Waals surface area contributed by atoms with Gasteiger partial charge in [0.25, 0.3) is 0 Å². The van der Waals surface area contributed by atoms with Gasteiger partial charge in [-0.2, -0.15) is 19.6 Å². The second-order valence-corrected chi connectivity index (χ2v) is 14.3. The number of allylic oxidation sites excluding steroid dienone is 4. The molecule has 0 bridgehead atoms. The maximum absolute atomic E-state index is 5.00. The molecule has 297 valence electrons. The Labute approximate surface area is 372 Å². The van der Waals surface area contributed by atoms with Crippen molar-refractivity contribution in [2.45, 2.75) is 32.5 Å². The normalized spacial score (nSPS) is 11.6. The van der Waals surface area contributed by atoms with Crippen LogP contribution in [0.2, 0.25) is 0 Å². The maximum Gasteiger partial charge on any atom is 0.178 e. The molecule has 0 spiro atoms. The number of anilines is 2. The van der Waals surface area contributed by atoms with Crippen LogP contribution in [0, 0.1) is 0 Å². The van der Waals surface area contributed by atoms with E-state index in [1.54, 1.807) is 0 Å². The fourth-order valence-corrected chi connectivity index (χ4v) is 6.85. The molecule has 0 N–H and O–H groups in total. The Bertz CT molecular complexity index is 2440. The van der Waals surface area contributed by atoms with Crippen molar-refractivity contribution in [2.24, 2.45) is 0 Å². The van der Waals surface area contributed by atoms with E-state index in [1.165, 1.54) is 0 Å². The quantitative estimate of drug-likeness (QED) is 0.0754. The number of benzene rings is 4. The topological polar surface area (TPSA) is 63.0 Å². The Balaban J connectivity index is 0.000000313. The molecule has 0 saturated heterocycles. The molecule has 0 fully saturated rings. The second kappa shape index (κ2) is 20.8. The molecule has 0 aliphatic carbocycles. The molecule has 0 atom stereocenters. The van der Waals surface area contributed by atoms with Gasteiger partial charge in [0, 0.05) is 48.0 Å². The van der Waals surface area contributed by atoms with E-state index in [0.29, 0.717) is 26.1 Å². The number of hydrogen-bond donors (Lipinski definition) is 0. The number of fused-ring (bicyclic) bond motifs is 4. The van der Waals surface area contributed by atoms with Crippen LogP contribution >= 0.6 is 0 Å². The van der Waals surface area contributed by atoms with Crippen molar-refractivity contribution in [1.82, 2.24) is 24.5 Å². The van der Waals surface area contributed by atoms with Gasteiger partial charge in [0.1, 0.15) is 11.3 Å². The minimum Gasteiger partial charge on any atom is -0.781 e. The summed E-state index contributed by atoms with van der Waals surface area (Å²) < 4.78 is 2.16. The van der Waals surface area contributed by atoms with Crippen LogP contribution < -0.4 is 9.80 Å². The standard InChI is InChI=1S/C34H31N7.2C6H6S2.Cu/c1-5-14-24-29(39(21-6-2)32-31(24)35-25-15-9-10-16-26(25)36-32)19-13-20-30-40(22-7-3)33-34(41(30)23-8-4)38-28-18-12-11-17-27(28)37-33;2*7-5-3-1-2-4-6(5)8;/h5-13,15-20H,1-4,14,21-23H2;2*1-4,7-8H;/p-4. The molecule has 58 heavy (non-hydrogen) atoms. The summed E-state index contributed by atoms with van der Waals surface area (Å²) in [5.41, 5.74) is 7.26. The summed E-state index contributed by atoms with van der Waals surface area (Å²) in [6, 6.07) is 30.8. The Morgan fingerprint density at radius 1 is 0.517 bits per heavy atom. The summed E-state index contributed by atoms with van der Waals surface area (Å²) in [6.07, 6.45) is 14.5. The molecule has 3 aromatic heterocycles. The molecule has 4 heterocycles.